The SMILES string of the molecule is CCc1c(C(=O)OC)cnn1-c1nc2ccc(OC)cc2s1. The van der Waals surface area contributed by atoms with E-state index in [4.69, 9.17) is 9.47 Å². The Morgan fingerprint density at radius 3 is 2.86 bits per heavy atom. The molecule has 7 heteroatoms. The van der Waals surface area contributed by atoms with E-state index in [1.807, 2.05) is 25.1 Å². The zero-order valence-corrected chi connectivity index (χ0v) is 13.3. The van der Waals surface area contributed by atoms with Gasteiger partial charge in [-0.2, -0.15) is 5.10 Å². The minimum absolute atomic E-state index is 0.383. The number of carbonyl (C=O) groups is 1. The minimum atomic E-state index is -0.383. The Kier molecular flexibility index (Phi) is 3.81. The fourth-order valence-corrected chi connectivity index (χ4v) is 3.25. The lowest BCUT2D eigenvalue weighted by Crippen LogP contribution is -2.07. The number of hydrogen-bond donors (Lipinski definition) is 0. The van der Waals surface area contributed by atoms with Gasteiger partial charge in [0, 0.05) is 0 Å². The van der Waals surface area contributed by atoms with E-state index >= 15 is 0 Å². The monoisotopic (exact) mass is 317 g/mol. The Bertz CT molecular complexity index is 838. The molecule has 6 nitrogen and oxygen atoms in total. The predicted octanol–water partition coefficient (Wildman–Crippen LogP) is 2.84. The highest BCUT2D eigenvalue weighted by atomic mass is 32.1. The van der Waals surface area contributed by atoms with Crippen LogP contribution in [0.2, 0.25) is 0 Å². The first-order valence-electron chi connectivity index (χ1n) is 6.78. The lowest BCUT2D eigenvalue weighted by atomic mass is 10.2. The molecule has 3 rings (SSSR count). The van der Waals surface area contributed by atoms with Crippen LogP contribution in [0.4, 0.5) is 0 Å². The number of aromatic nitrogens is 3. The molecule has 0 saturated carbocycles. The molecule has 114 valence electrons. The van der Waals surface area contributed by atoms with Crippen LogP contribution in [0.15, 0.2) is 24.4 Å². The van der Waals surface area contributed by atoms with Gasteiger partial charge in [0.2, 0.25) is 5.13 Å². The first-order chi connectivity index (χ1) is 10.7. The summed E-state index contributed by atoms with van der Waals surface area (Å²) in [5.74, 6) is 0.403. The van der Waals surface area contributed by atoms with Gasteiger partial charge in [0.1, 0.15) is 11.3 Å². The van der Waals surface area contributed by atoms with Crippen molar-refractivity contribution in [1.29, 1.82) is 0 Å². The van der Waals surface area contributed by atoms with Crippen LogP contribution in [-0.4, -0.2) is 35.0 Å². The molecule has 0 N–H and O–H groups in total. The molecule has 0 radical (unpaired) electrons. The van der Waals surface area contributed by atoms with Gasteiger partial charge in [-0.15, -0.1) is 0 Å². The average Bonchev–Trinajstić information content (AvgIpc) is 3.16. The van der Waals surface area contributed by atoms with E-state index < -0.39 is 0 Å². The van der Waals surface area contributed by atoms with Crippen molar-refractivity contribution in [3.05, 3.63) is 35.7 Å². The molecule has 1 aromatic carbocycles. The molecule has 22 heavy (non-hydrogen) atoms. The van der Waals surface area contributed by atoms with Gasteiger partial charge in [-0.1, -0.05) is 18.3 Å². The highest BCUT2D eigenvalue weighted by molar-refractivity contribution is 7.20. The van der Waals surface area contributed by atoms with Gasteiger partial charge < -0.3 is 9.47 Å². The molecule has 0 fully saturated rings. The zero-order valence-electron chi connectivity index (χ0n) is 12.5. The molecule has 0 aliphatic carbocycles. The maximum absolute atomic E-state index is 11.8. The smallest absolute Gasteiger partial charge is 0.341 e. The number of benzene rings is 1. The summed E-state index contributed by atoms with van der Waals surface area (Å²) < 4.78 is 12.7. The Morgan fingerprint density at radius 1 is 1.36 bits per heavy atom. The predicted molar refractivity (Wildman–Crippen MR) is 84.0 cm³/mol. The fraction of sp³-hybridized carbons (Fsp3) is 0.267. The molecule has 0 saturated heterocycles. The maximum atomic E-state index is 11.8. The van der Waals surface area contributed by atoms with Crippen molar-refractivity contribution in [2.45, 2.75) is 13.3 Å². The van der Waals surface area contributed by atoms with Crippen LogP contribution in [-0.2, 0) is 11.2 Å². The second-order valence-corrected chi connectivity index (χ2v) is 5.60. The van der Waals surface area contributed by atoms with Crippen LogP contribution < -0.4 is 4.74 Å². The first-order valence-corrected chi connectivity index (χ1v) is 7.59. The summed E-state index contributed by atoms with van der Waals surface area (Å²) in [4.78, 5) is 16.4. The van der Waals surface area contributed by atoms with Crippen LogP contribution in [0.25, 0.3) is 15.3 Å². The van der Waals surface area contributed by atoms with Crippen LogP contribution in [0.5, 0.6) is 5.75 Å². The lowest BCUT2D eigenvalue weighted by Gasteiger charge is -2.03. The van der Waals surface area contributed by atoms with Gasteiger partial charge in [0.15, 0.2) is 0 Å². The van der Waals surface area contributed by atoms with Gasteiger partial charge >= 0.3 is 5.97 Å². The summed E-state index contributed by atoms with van der Waals surface area (Å²) in [6.07, 6.45) is 2.18. The molecule has 0 amide bonds. The summed E-state index contributed by atoms with van der Waals surface area (Å²) in [5.41, 5.74) is 2.14. The average molecular weight is 317 g/mol. The molecule has 0 bridgehead atoms. The zero-order chi connectivity index (χ0) is 15.7. The van der Waals surface area contributed by atoms with Gasteiger partial charge in [-0.3, -0.25) is 0 Å². The van der Waals surface area contributed by atoms with E-state index in [9.17, 15) is 4.79 Å². The topological polar surface area (TPSA) is 66.2 Å². The van der Waals surface area contributed by atoms with E-state index in [1.165, 1.54) is 24.6 Å². The molecule has 2 heterocycles. The molecule has 0 atom stereocenters. The molecule has 0 aliphatic heterocycles. The van der Waals surface area contributed by atoms with Crippen molar-refractivity contribution in [2.75, 3.05) is 14.2 Å². The molecular formula is C15H15N3O3S. The van der Waals surface area contributed by atoms with Crippen LogP contribution >= 0.6 is 11.3 Å². The summed E-state index contributed by atoms with van der Waals surface area (Å²) >= 11 is 1.50. The Labute approximate surface area is 131 Å². The van der Waals surface area contributed by atoms with Crippen molar-refractivity contribution in [2.24, 2.45) is 0 Å². The van der Waals surface area contributed by atoms with Crippen molar-refractivity contribution >= 4 is 27.5 Å². The van der Waals surface area contributed by atoms with E-state index in [0.29, 0.717) is 12.0 Å². The van der Waals surface area contributed by atoms with Gasteiger partial charge in [-0.25, -0.2) is 14.5 Å². The Balaban J connectivity index is 2.11. The van der Waals surface area contributed by atoms with Crippen LogP contribution in [0, 0.1) is 0 Å². The Hall–Kier alpha value is -2.41. The number of fused-ring (bicyclic) bond motifs is 1. The Morgan fingerprint density at radius 2 is 2.18 bits per heavy atom. The fourth-order valence-electron chi connectivity index (χ4n) is 2.27. The van der Waals surface area contributed by atoms with E-state index in [-0.39, 0.29) is 5.97 Å². The van der Waals surface area contributed by atoms with Crippen molar-refractivity contribution in [3.8, 4) is 10.9 Å². The number of thiazole rings is 1. The van der Waals surface area contributed by atoms with Crippen LogP contribution in [0.3, 0.4) is 0 Å². The number of ether oxygens (including phenoxy) is 2. The first kappa shape index (κ1) is 14.5. The molecule has 2 aromatic heterocycles. The highest BCUT2D eigenvalue weighted by Gasteiger charge is 2.19. The van der Waals surface area contributed by atoms with Gasteiger partial charge in [0.05, 0.1) is 36.3 Å². The molecular weight excluding hydrogens is 302 g/mol. The van der Waals surface area contributed by atoms with E-state index in [0.717, 1.165) is 26.8 Å². The third-order valence-electron chi connectivity index (χ3n) is 3.37. The highest BCUT2D eigenvalue weighted by Crippen LogP contribution is 2.29. The van der Waals surface area contributed by atoms with E-state index in [2.05, 4.69) is 10.1 Å². The minimum Gasteiger partial charge on any atom is -0.497 e. The second-order valence-electron chi connectivity index (χ2n) is 4.59. The number of methoxy groups -OCH3 is 2. The van der Waals surface area contributed by atoms with Crippen LogP contribution in [0.1, 0.15) is 23.0 Å². The number of rotatable bonds is 4. The van der Waals surface area contributed by atoms with Gasteiger partial charge in [0.25, 0.3) is 0 Å². The lowest BCUT2D eigenvalue weighted by molar-refractivity contribution is 0.0599. The quantitative estimate of drug-likeness (QED) is 0.692. The molecule has 0 unspecified atom stereocenters. The van der Waals surface area contributed by atoms with Gasteiger partial charge in [-0.05, 0) is 24.6 Å². The third-order valence-corrected chi connectivity index (χ3v) is 4.37. The second kappa shape index (κ2) is 5.76. The third kappa shape index (κ3) is 2.33. The largest absolute Gasteiger partial charge is 0.497 e. The maximum Gasteiger partial charge on any atom is 0.341 e. The summed E-state index contributed by atoms with van der Waals surface area (Å²) in [7, 11) is 3.00. The standard InChI is InChI=1S/C15H15N3O3S/c1-4-12-10(14(19)21-3)8-16-18(12)15-17-11-6-5-9(20-2)7-13(11)22-15/h5-8H,4H2,1-3H3. The number of hydrogen-bond acceptors (Lipinski definition) is 6. The summed E-state index contributed by atoms with van der Waals surface area (Å²) in [6.45, 7) is 1.97. The van der Waals surface area contributed by atoms with Crippen molar-refractivity contribution in [1.82, 2.24) is 14.8 Å². The molecule has 0 aliphatic rings. The molecule has 3 aromatic rings. The van der Waals surface area contributed by atoms with E-state index in [1.54, 1.807) is 11.8 Å². The number of carbonyl (C=O) groups excluding carboxylic acids is 1. The number of esters is 1. The van der Waals surface area contributed by atoms with Crippen molar-refractivity contribution in [3.63, 3.8) is 0 Å². The summed E-state index contributed by atoms with van der Waals surface area (Å²) in [5, 5.41) is 5.01. The summed E-state index contributed by atoms with van der Waals surface area (Å²) in [6, 6.07) is 5.72. The normalized spacial score (nSPS) is 10.9. The van der Waals surface area contributed by atoms with Crippen molar-refractivity contribution < 1.29 is 14.3 Å². The molecule has 0 spiro atoms. The number of nitrogens with zero attached hydrogens (tertiary/aromatic N) is 3.